The van der Waals surface area contributed by atoms with Gasteiger partial charge < -0.3 is 19.0 Å². The van der Waals surface area contributed by atoms with E-state index in [1.165, 1.54) is 0 Å². The van der Waals surface area contributed by atoms with Crippen LogP contribution in [-0.2, 0) is 13.9 Å². The van der Waals surface area contributed by atoms with Gasteiger partial charge in [-0.15, -0.1) is 0 Å². The number of aliphatic hydroxyl groups is 1. The average molecular weight is 422 g/mol. The molecule has 1 saturated heterocycles. The number of nitriles is 1. The van der Waals surface area contributed by atoms with E-state index in [1.807, 2.05) is 0 Å². The van der Waals surface area contributed by atoms with E-state index in [0.717, 1.165) is 44.1 Å². The van der Waals surface area contributed by atoms with Gasteiger partial charge >= 0.3 is 0 Å². The number of hydrogen-bond acceptors (Lipinski definition) is 5. The van der Waals surface area contributed by atoms with E-state index in [1.54, 1.807) is 0 Å². The summed E-state index contributed by atoms with van der Waals surface area (Å²) in [6.45, 7) is 16.5. The van der Waals surface area contributed by atoms with E-state index < -0.39 is 14.1 Å². The molecule has 0 unspecified atom stereocenters. The Labute approximate surface area is 177 Å². The number of fused-ring (bicyclic) bond motifs is 2. The van der Waals surface area contributed by atoms with Crippen LogP contribution >= 0.6 is 0 Å². The quantitative estimate of drug-likeness (QED) is 0.494. The van der Waals surface area contributed by atoms with Crippen LogP contribution in [0.3, 0.4) is 0 Å². The second-order valence-corrected chi connectivity index (χ2v) is 15.6. The second kappa shape index (κ2) is 8.09. The van der Waals surface area contributed by atoms with Gasteiger partial charge in [0.1, 0.15) is 0 Å². The molecular weight excluding hydrogens is 382 g/mol. The zero-order valence-electron chi connectivity index (χ0n) is 18.9. The standard InChI is InChI=1S/C23H39NO4Si/c1-17(16-25)19(28-29(5,6)21(2,3)4)14-22-9-7-8-18(15-24)20(22)23(11-10-22)26-12-13-27-23/h18-20,25H,1,7-14,16H2,2-6H3/t18-,19-,20+,22+/m1/s1. The van der Waals surface area contributed by atoms with Crippen molar-refractivity contribution in [2.75, 3.05) is 19.8 Å². The topological polar surface area (TPSA) is 71.7 Å². The molecule has 3 fully saturated rings. The lowest BCUT2D eigenvalue weighted by molar-refractivity contribution is -0.210. The Hall–Kier alpha value is -0.713. The minimum absolute atomic E-state index is 0.0553. The first-order valence-electron chi connectivity index (χ1n) is 11.1. The summed E-state index contributed by atoms with van der Waals surface area (Å²) in [7, 11) is -2.04. The molecule has 2 aliphatic carbocycles. The van der Waals surface area contributed by atoms with Gasteiger partial charge in [0, 0.05) is 12.3 Å². The third-order valence-electron chi connectivity index (χ3n) is 8.13. The Morgan fingerprint density at radius 1 is 1.28 bits per heavy atom. The van der Waals surface area contributed by atoms with Crippen LogP contribution in [0.2, 0.25) is 18.1 Å². The highest BCUT2D eigenvalue weighted by atomic mass is 28.4. The maximum Gasteiger partial charge on any atom is 0.192 e. The molecule has 1 heterocycles. The van der Waals surface area contributed by atoms with Crippen LogP contribution in [0.15, 0.2) is 12.2 Å². The molecule has 29 heavy (non-hydrogen) atoms. The van der Waals surface area contributed by atoms with E-state index in [2.05, 4.69) is 46.5 Å². The highest BCUT2D eigenvalue weighted by molar-refractivity contribution is 6.74. The van der Waals surface area contributed by atoms with Crippen molar-refractivity contribution in [1.82, 2.24) is 0 Å². The van der Waals surface area contributed by atoms with Gasteiger partial charge in [-0.3, -0.25) is 0 Å². The van der Waals surface area contributed by atoms with Crippen molar-refractivity contribution in [3.63, 3.8) is 0 Å². The molecule has 0 aromatic carbocycles. The molecule has 5 nitrogen and oxygen atoms in total. The number of aliphatic hydroxyl groups excluding tert-OH is 1. The van der Waals surface area contributed by atoms with E-state index in [0.29, 0.717) is 13.2 Å². The van der Waals surface area contributed by atoms with Crippen molar-refractivity contribution in [3.05, 3.63) is 12.2 Å². The first kappa shape index (κ1) is 23.0. The van der Waals surface area contributed by atoms with Crippen LogP contribution in [0.4, 0.5) is 0 Å². The van der Waals surface area contributed by atoms with Crippen LogP contribution in [0.1, 0.15) is 59.3 Å². The zero-order valence-corrected chi connectivity index (χ0v) is 19.9. The fourth-order valence-corrected chi connectivity index (χ4v) is 6.91. The Bertz CT molecular complexity index is 659. The summed E-state index contributed by atoms with van der Waals surface area (Å²) in [6, 6.07) is 2.58. The fourth-order valence-electron chi connectivity index (χ4n) is 5.59. The molecule has 1 spiro atoms. The van der Waals surface area contributed by atoms with Crippen LogP contribution in [0.5, 0.6) is 0 Å². The molecule has 4 atom stereocenters. The molecule has 3 rings (SSSR count). The zero-order chi connectivity index (χ0) is 21.5. The first-order valence-corrected chi connectivity index (χ1v) is 14.0. The Morgan fingerprint density at radius 2 is 1.93 bits per heavy atom. The summed E-state index contributed by atoms with van der Waals surface area (Å²) in [6.07, 6.45) is 5.42. The minimum atomic E-state index is -2.04. The van der Waals surface area contributed by atoms with Crippen LogP contribution < -0.4 is 0 Å². The summed E-state index contributed by atoms with van der Waals surface area (Å²) in [5, 5.41) is 19.9. The molecule has 0 aromatic rings. The predicted octanol–water partition coefficient (Wildman–Crippen LogP) is 4.78. The highest BCUT2D eigenvalue weighted by Crippen LogP contribution is 2.63. The first-order chi connectivity index (χ1) is 13.5. The molecule has 0 bridgehead atoms. The molecular formula is C23H39NO4Si. The van der Waals surface area contributed by atoms with Crippen molar-refractivity contribution in [2.45, 2.75) is 89.3 Å². The molecule has 2 saturated carbocycles. The van der Waals surface area contributed by atoms with Crippen molar-refractivity contribution < 1.29 is 19.0 Å². The maximum atomic E-state index is 9.94. The molecule has 6 heteroatoms. The van der Waals surface area contributed by atoms with Gasteiger partial charge in [-0.05, 0) is 54.8 Å². The Morgan fingerprint density at radius 3 is 2.48 bits per heavy atom. The van der Waals surface area contributed by atoms with E-state index in [-0.39, 0.29) is 35.0 Å². The Kier molecular flexibility index (Phi) is 6.40. The average Bonchev–Trinajstić information content (AvgIpc) is 3.25. The van der Waals surface area contributed by atoms with Crippen molar-refractivity contribution >= 4 is 8.32 Å². The largest absolute Gasteiger partial charge is 0.410 e. The van der Waals surface area contributed by atoms with Gasteiger partial charge in [0.25, 0.3) is 0 Å². The summed E-state index contributed by atoms with van der Waals surface area (Å²) < 4.78 is 19.1. The normalized spacial score (nSPS) is 32.7. The van der Waals surface area contributed by atoms with Crippen LogP contribution in [0, 0.1) is 28.6 Å². The van der Waals surface area contributed by atoms with Gasteiger partial charge in [-0.25, -0.2) is 0 Å². The Balaban J connectivity index is 1.93. The lowest BCUT2D eigenvalue weighted by Gasteiger charge is -2.49. The third kappa shape index (κ3) is 4.09. The fraction of sp³-hybridized carbons (Fsp3) is 0.870. The molecule has 3 aliphatic rings. The van der Waals surface area contributed by atoms with Gasteiger partial charge in [0.2, 0.25) is 0 Å². The van der Waals surface area contributed by atoms with Crippen molar-refractivity contribution in [3.8, 4) is 6.07 Å². The summed E-state index contributed by atoms with van der Waals surface area (Å²) >= 11 is 0. The van der Waals surface area contributed by atoms with Gasteiger partial charge in [-0.2, -0.15) is 5.26 Å². The SMILES string of the molecule is C=C(CO)[C@@H](C[C@@]12CCC[C@H](C#N)[C@@H]1C1(CC2)OCCO1)O[Si](C)(C)C(C)(C)C. The summed E-state index contributed by atoms with van der Waals surface area (Å²) in [5.41, 5.74) is 0.685. The second-order valence-electron chi connectivity index (χ2n) is 10.9. The smallest absolute Gasteiger partial charge is 0.192 e. The number of nitrogens with zero attached hydrogens (tertiary/aromatic N) is 1. The van der Waals surface area contributed by atoms with Gasteiger partial charge in [-0.1, -0.05) is 33.8 Å². The predicted molar refractivity (Wildman–Crippen MR) is 116 cm³/mol. The summed E-state index contributed by atoms with van der Waals surface area (Å²) in [5.74, 6) is -0.600. The number of ether oxygens (including phenoxy) is 2. The third-order valence-corrected chi connectivity index (χ3v) is 12.6. The van der Waals surface area contributed by atoms with Crippen LogP contribution in [-0.4, -0.2) is 45.1 Å². The van der Waals surface area contributed by atoms with Crippen molar-refractivity contribution in [1.29, 1.82) is 5.26 Å². The maximum absolute atomic E-state index is 9.94. The number of hydrogen-bond donors (Lipinski definition) is 1. The van der Waals surface area contributed by atoms with Gasteiger partial charge in [0.15, 0.2) is 14.1 Å². The molecule has 164 valence electrons. The lowest BCUT2D eigenvalue weighted by Crippen LogP contribution is -2.50. The molecule has 1 N–H and O–H groups in total. The minimum Gasteiger partial charge on any atom is -0.410 e. The number of rotatable bonds is 6. The molecule has 0 aromatic heterocycles. The van der Waals surface area contributed by atoms with E-state index in [4.69, 9.17) is 13.9 Å². The molecule has 0 radical (unpaired) electrons. The van der Waals surface area contributed by atoms with E-state index in [9.17, 15) is 10.4 Å². The van der Waals surface area contributed by atoms with Gasteiger partial charge in [0.05, 0.1) is 37.9 Å². The van der Waals surface area contributed by atoms with E-state index >= 15 is 0 Å². The lowest BCUT2D eigenvalue weighted by atomic mass is 9.60. The molecule has 1 aliphatic heterocycles. The van der Waals surface area contributed by atoms with Crippen molar-refractivity contribution in [2.24, 2.45) is 17.3 Å². The summed E-state index contributed by atoms with van der Waals surface area (Å²) in [4.78, 5) is 0. The molecule has 0 amide bonds. The monoisotopic (exact) mass is 421 g/mol. The highest BCUT2D eigenvalue weighted by Gasteiger charge is 2.64. The van der Waals surface area contributed by atoms with Crippen LogP contribution in [0.25, 0.3) is 0 Å².